The van der Waals surface area contributed by atoms with Gasteiger partial charge in [-0.2, -0.15) is 0 Å². The molecule has 0 aliphatic rings. The molecule has 0 aliphatic carbocycles. The Kier molecular flexibility index (Phi) is 41.8. The molecule has 3 atom stereocenters. The van der Waals surface area contributed by atoms with Crippen LogP contribution in [-0.4, -0.2) is 47.8 Å². The van der Waals surface area contributed by atoms with E-state index in [1.165, 1.54) is 173 Å². The van der Waals surface area contributed by atoms with Gasteiger partial charge in [0.2, 0.25) is 5.91 Å². The minimum atomic E-state index is -4.34. The van der Waals surface area contributed by atoms with Crippen LogP contribution in [0.4, 0.5) is 0 Å². The molecule has 0 aromatic rings. The zero-order chi connectivity index (χ0) is 40.3. The topological polar surface area (TPSA) is 131 Å². The number of amides is 1. The monoisotopic (exact) mass is 799 g/mol. The molecule has 1 amide bonds. The minimum Gasteiger partial charge on any atom is -0.387 e. The molecule has 5 N–H and O–H groups in total. The number of nitrogens with two attached hydrogens (primary N) is 1. The third-order valence-corrected chi connectivity index (χ3v) is 11.5. The van der Waals surface area contributed by atoms with Gasteiger partial charge in [-0.15, -0.1) is 0 Å². The minimum absolute atomic E-state index is 0.0793. The molecule has 0 saturated carbocycles. The quantitative estimate of drug-likeness (QED) is 0.0274. The fraction of sp³-hybridized carbons (Fsp3) is 0.891. The number of allylic oxidation sites excluding steroid dienone is 3. The molecule has 0 spiro atoms. The molecule has 0 saturated heterocycles. The van der Waals surface area contributed by atoms with Gasteiger partial charge in [0.05, 0.1) is 25.4 Å². The molecule has 0 aliphatic heterocycles. The summed E-state index contributed by atoms with van der Waals surface area (Å²) in [5.41, 5.74) is 5.38. The van der Waals surface area contributed by atoms with Crippen molar-refractivity contribution in [2.24, 2.45) is 5.73 Å². The highest BCUT2D eigenvalue weighted by Crippen LogP contribution is 2.43. The number of carbonyl (C=O) groups excluding carboxylic acids is 1. The molecular weight excluding hydrogens is 707 g/mol. The van der Waals surface area contributed by atoms with Crippen LogP contribution in [-0.2, 0) is 18.4 Å². The van der Waals surface area contributed by atoms with Crippen molar-refractivity contribution >= 4 is 13.7 Å². The van der Waals surface area contributed by atoms with Crippen LogP contribution in [0.2, 0.25) is 0 Å². The van der Waals surface area contributed by atoms with Gasteiger partial charge in [0.25, 0.3) is 0 Å². The number of phosphoric ester groups is 1. The van der Waals surface area contributed by atoms with Gasteiger partial charge < -0.3 is 21.1 Å². The Morgan fingerprint density at radius 1 is 0.582 bits per heavy atom. The van der Waals surface area contributed by atoms with Gasteiger partial charge in [-0.05, 0) is 44.9 Å². The van der Waals surface area contributed by atoms with Crippen LogP contribution in [0.5, 0.6) is 0 Å². The van der Waals surface area contributed by atoms with E-state index in [1.54, 1.807) is 6.08 Å². The van der Waals surface area contributed by atoms with Gasteiger partial charge in [0.1, 0.15) is 0 Å². The molecule has 0 radical (unpaired) electrons. The largest absolute Gasteiger partial charge is 0.472 e. The van der Waals surface area contributed by atoms with E-state index in [2.05, 4.69) is 31.3 Å². The molecule has 326 valence electrons. The molecule has 9 heteroatoms. The number of hydrogen-bond donors (Lipinski definition) is 4. The van der Waals surface area contributed by atoms with Crippen LogP contribution >= 0.6 is 7.82 Å². The number of carbonyl (C=O) groups is 1. The summed E-state index contributed by atoms with van der Waals surface area (Å²) >= 11 is 0. The summed E-state index contributed by atoms with van der Waals surface area (Å²) in [6.07, 6.45) is 49.4. The second kappa shape index (κ2) is 42.6. The summed E-state index contributed by atoms with van der Waals surface area (Å²) < 4.78 is 22.2. The highest BCUT2D eigenvalue weighted by atomic mass is 31.2. The summed E-state index contributed by atoms with van der Waals surface area (Å²) in [4.78, 5) is 22.7. The van der Waals surface area contributed by atoms with Crippen LogP contribution in [0.3, 0.4) is 0 Å². The fourth-order valence-electron chi connectivity index (χ4n) is 6.95. The number of unbranched alkanes of at least 4 members (excludes halogenated alkanes) is 30. The van der Waals surface area contributed by atoms with Crippen molar-refractivity contribution in [2.45, 2.75) is 244 Å². The molecule has 3 unspecified atom stereocenters. The fourth-order valence-corrected chi connectivity index (χ4v) is 7.71. The zero-order valence-corrected chi connectivity index (χ0v) is 37.1. The summed E-state index contributed by atoms with van der Waals surface area (Å²) in [5, 5.41) is 13.7. The predicted molar refractivity (Wildman–Crippen MR) is 235 cm³/mol. The van der Waals surface area contributed by atoms with Crippen molar-refractivity contribution in [2.75, 3.05) is 19.8 Å². The molecule has 8 nitrogen and oxygen atoms in total. The molecule has 0 aromatic carbocycles. The molecule has 55 heavy (non-hydrogen) atoms. The van der Waals surface area contributed by atoms with Gasteiger partial charge in [0.15, 0.2) is 0 Å². The number of phosphoric acid groups is 1. The Morgan fingerprint density at radius 3 is 1.35 bits per heavy atom. The average molecular weight is 799 g/mol. The Labute approximate surface area is 340 Å². The van der Waals surface area contributed by atoms with Crippen molar-refractivity contribution in [1.29, 1.82) is 0 Å². The van der Waals surface area contributed by atoms with Crippen LogP contribution in [0, 0.1) is 0 Å². The second-order valence-corrected chi connectivity index (χ2v) is 17.4. The van der Waals surface area contributed by atoms with Crippen LogP contribution in [0.1, 0.15) is 232 Å². The number of hydrogen-bond acceptors (Lipinski definition) is 6. The Bertz CT molecular complexity index is 917. The van der Waals surface area contributed by atoms with Crippen LogP contribution < -0.4 is 11.1 Å². The van der Waals surface area contributed by atoms with E-state index in [1.807, 2.05) is 6.08 Å². The number of aliphatic hydroxyl groups is 1. The summed E-state index contributed by atoms with van der Waals surface area (Å²) in [5.74, 6) is -0.194. The second-order valence-electron chi connectivity index (χ2n) is 16.0. The Morgan fingerprint density at radius 2 is 0.945 bits per heavy atom. The average Bonchev–Trinajstić information content (AvgIpc) is 3.17. The van der Waals surface area contributed by atoms with Gasteiger partial charge in [-0.25, -0.2) is 4.57 Å². The lowest BCUT2D eigenvalue weighted by Crippen LogP contribution is -2.45. The van der Waals surface area contributed by atoms with Crippen LogP contribution in [0.25, 0.3) is 0 Å². The number of aliphatic hydroxyl groups excluding tert-OH is 1. The Balaban J connectivity index is 4.13. The number of nitrogens with one attached hydrogen (secondary N) is 1. The first-order valence-electron chi connectivity index (χ1n) is 23.5. The first-order valence-corrected chi connectivity index (χ1v) is 25.0. The first-order chi connectivity index (χ1) is 26.9. The SMILES string of the molecule is CCCCCCCCCC/C=C\CCCCCCCCCCCC(=O)NC(COP(=O)(O)OCCN)C(O)/C=C/CCCCCCCCCCCCCCC. The molecule has 0 bridgehead atoms. The summed E-state index contributed by atoms with van der Waals surface area (Å²) in [7, 11) is -4.34. The van der Waals surface area contributed by atoms with Crippen molar-refractivity contribution < 1.29 is 28.4 Å². The third-order valence-electron chi connectivity index (χ3n) is 10.5. The van der Waals surface area contributed by atoms with Crippen molar-refractivity contribution in [3.05, 3.63) is 24.3 Å². The van der Waals surface area contributed by atoms with Gasteiger partial charge in [-0.1, -0.05) is 205 Å². The molecule has 0 rings (SSSR count). The summed E-state index contributed by atoms with van der Waals surface area (Å²) in [6, 6.07) is -0.859. The number of rotatable bonds is 44. The van der Waals surface area contributed by atoms with E-state index in [-0.39, 0.29) is 25.7 Å². The van der Waals surface area contributed by atoms with E-state index >= 15 is 0 Å². The van der Waals surface area contributed by atoms with E-state index in [0.717, 1.165) is 38.5 Å². The van der Waals surface area contributed by atoms with E-state index in [0.29, 0.717) is 6.42 Å². The predicted octanol–water partition coefficient (Wildman–Crippen LogP) is 13.3. The summed E-state index contributed by atoms with van der Waals surface area (Å²) in [6.45, 7) is 4.15. The first kappa shape index (κ1) is 54.0. The maximum atomic E-state index is 12.8. The van der Waals surface area contributed by atoms with Crippen molar-refractivity contribution in [1.82, 2.24) is 5.32 Å². The van der Waals surface area contributed by atoms with E-state index < -0.39 is 20.0 Å². The lowest BCUT2D eigenvalue weighted by molar-refractivity contribution is -0.123. The maximum Gasteiger partial charge on any atom is 0.472 e. The maximum absolute atomic E-state index is 12.8. The molecular formula is C46H91N2O6P. The zero-order valence-electron chi connectivity index (χ0n) is 36.2. The van der Waals surface area contributed by atoms with Crippen molar-refractivity contribution in [3.8, 4) is 0 Å². The molecule has 0 aromatic heterocycles. The van der Waals surface area contributed by atoms with E-state index in [9.17, 15) is 19.4 Å². The molecule has 0 fully saturated rings. The van der Waals surface area contributed by atoms with Crippen molar-refractivity contribution in [3.63, 3.8) is 0 Å². The smallest absolute Gasteiger partial charge is 0.387 e. The normalized spacial score (nSPS) is 14.2. The highest BCUT2D eigenvalue weighted by Gasteiger charge is 2.26. The third kappa shape index (κ3) is 41.0. The lowest BCUT2D eigenvalue weighted by Gasteiger charge is -2.23. The van der Waals surface area contributed by atoms with Gasteiger partial charge >= 0.3 is 7.82 Å². The van der Waals surface area contributed by atoms with Gasteiger partial charge in [-0.3, -0.25) is 13.8 Å². The highest BCUT2D eigenvalue weighted by molar-refractivity contribution is 7.47. The van der Waals surface area contributed by atoms with Gasteiger partial charge in [0, 0.05) is 13.0 Å². The van der Waals surface area contributed by atoms with E-state index in [4.69, 9.17) is 14.8 Å². The standard InChI is InChI=1S/C46H91N2O6P/c1-3-5-7-9-11-13-15-17-19-20-21-22-23-24-26-28-30-32-34-36-38-40-46(50)48-44(43-54-55(51,52)53-42-41-47)45(49)39-37-35-33-31-29-27-25-18-16-14-12-10-8-6-4-2/h20-21,37,39,44-45,49H,3-19,22-36,38,40-43,47H2,1-2H3,(H,48,50)(H,51,52)/b21-20-,39-37+. The molecule has 0 heterocycles. The van der Waals surface area contributed by atoms with Crippen LogP contribution in [0.15, 0.2) is 24.3 Å². The Hall–Kier alpha value is -1.02. The lowest BCUT2D eigenvalue weighted by atomic mass is 10.0.